The molecule has 0 saturated heterocycles. The highest BCUT2D eigenvalue weighted by Crippen LogP contribution is 2.26. The third kappa shape index (κ3) is 1.62. The zero-order valence-electron chi connectivity index (χ0n) is 7.12. The molecule has 0 spiro atoms. The second-order valence-electron chi connectivity index (χ2n) is 2.72. The normalized spacial score (nSPS) is 14.9. The Kier molecular flexibility index (Phi) is 2.14. The van der Waals surface area contributed by atoms with Crippen LogP contribution in [-0.2, 0) is 4.84 Å². The molecule has 0 radical (unpaired) electrons. The molecule has 0 bridgehead atoms. The zero-order chi connectivity index (χ0) is 9.26. The second-order valence-corrected chi connectivity index (χ2v) is 3.58. The third-order valence-corrected chi connectivity index (χ3v) is 2.36. The van der Waals surface area contributed by atoms with E-state index in [-0.39, 0.29) is 0 Å². The average Bonchev–Trinajstić information content (AvgIpc) is 2.53. The van der Waals surface area contributed by atoms with Gasteiger partial charge in [0.1, 0.15) is 11.4 Å². The molecule has 3 nitrogen and oxygen atoms in total. The van der Waals surface area contributed by atoms with Crippen LogP contribution in [0.5, 0.6) is 0 Å². The number of nitrogens with one attached hydrogen (secondary N) is 1. The summed E-state index contributed by atoms with van der Waals surface area (Å²) in [5, 5.41) is 1.61. The minimum Gasteiger partial charge on any atom is -0.362 e. The highest BCUT2D eigenvalue weighted by atomic mass is 79.9. The van der Waals surface area contributed by atoms with E-state index in [0.29, 0.717) is 0 Å². The monoisotopic (exact) mass is 240 g/mol. The predicted octanol–water partition coefficient (Wildman–Crippen LogP) is 2.57. The van der Waals surface area contributed by atoms with Gasteiger partial charge < -0.3 is 4.84 Å². The summed E-state index contributed by atoms with van der Waals surface area (Å²) < 4.78 is 0.991. The number of benzene rings is 1. The Hall–Kier alpha value is -1.16. The van der Waals surface area contributed by atoms with Crippen LogP contribution in [0, 0.1) is 0 Å². The molecule has 0 saturated carbocycles. The first-order valence-corrected chi connectivity index (χ1v) is 4.72. The van der Waals surface area contributed by atoms with Gasteiger partial charge in [0.25, 0.3) is 0 Å². The van der Waals surface area contributed by atoms with Crippen LogP contribution >= 0.6 is 15.9 Å². The molecule has 1 heterocycles. The molecule has 0 atom stereocenters. The first-order valence-electron chi connectivity index (χ1n) is 3.93. The summed E-state index contributed by atoms with van der Waals surface area (Å²) >= 11 is 3.44. The Labute approximate surface area is 85.0 Å². The van der Waals surface area contributed by atoms with Crippen molar-refractivity contribution >= 4 is 21.6 Å². The summed E-state index contributed by atoms with van der Waals surface area (Å²) in [6.07, 6.45) is 1.80. The van der Waals surface area contributed by atoms with Gasteiger partial charge in [-0.2, -0.15) is 0 Å². The lowest BCUT2D eigenvalue weighted by molar-refractivity contribution is 0.192. The molecule has 1 N–H and O–H groups in total. The highest BCUT2D eigenvalue weighted by molar-refractivity contribution is 9.10. The van der Waals surface area contributed by atoms with Crippen LogP contribution < -0.4 is 10.6 Å². The van der Waals surface area contributed by atoms with Gasteiger partial charge in [-0.3, -0.25) is 5.43 Å². The van der Waals surface area contributed by atoms with E-state index < -0.39 is 0 Å². The van der Waals surface area contributed by atoms with Crippen molar-refractivity contribution in [3.05, 3.63) is 40.7 Å². The van der Waals surface area contributed by atoms with Gasteiger partial charge in [0.05, 0.1) is 6.20 Å². The van der Waals surface area contributed by atoms with Crippen molar-refractivity contribution in [1.29, 1.82) is 0 Å². The number of anilines is 1. The molecule has 1 aliphatic heterocycles. The van der Waals surface area contributed by atoms with Crippen molar-refractivity contribution < 1.29 is 4.84 Å². The Balaban J connectivity index is 2.23. The minimum atomic E-state index is 0.843. The number of hydrazine groups is 1. The molecule has 0 amide bonds. The number of rotatable bonds is 1. The molecule has 13 heavy (non-hydrogen) atoms. The average molecular weight is 241 g/mol. The van der Waals surface area contributed by atoms with Crippen molar-refractivity contribution in [3.8, 4) is 0 Å². The van der Waals surface area contributed by atoms with E-state index in [9.17, 15) is 0 Å². The lowest BCUT2D eigenvalue weighted by Gasteiger charge is -2.18. The first-order chi connectivity index (χ1) is 6.27. The number of para-hydroxylation sites is 1. The van der Waals surface area contributed by atoms with Crippen molar-refractivity contribution in [2.45, 2.75) is 6.92 Å². The van der Waals surface area contributed by atoms with Crippen molar-refractivity contribution in [2.75, 3.05) is 5.17 Å². The van der Waals surface area contributed by atoms with E-state index in [1.165, 1.54) is 0 Å². The molecule has 0 fully saturated rings. The summed E-state index contributed by atoms with van der Waals surface area (Å²) in [6.45, 7) is 1.89. The molecule has 0 aliphatic carbocycles. The molecule has 4 heteroatoms. The van der Waals surface area contributed by atoms with Crippen molar-refractivity contribution in [1.82, 2.24) is 5.43 Å². The lowest BCUT2D eigenvalue weighted by atomic mass is 10.3. The van der Waals surface area contributed by atoms with Crippen LogP contribution in [0.3, 0.4) is 0 Å². The Bertz CT molecular complexity index is 351. The lowest BCUT2D eigenvalue weighted by Crippen LogP contribution is -2.28. The fourth-order valence-electron chi connectivity index (χ4n) is 1.08. The molecular formula is C9H9BrN2O. The number of nitrogens with zero attached hydrogens (tertiary/aromatic N) is 1. The van der Waals surface area contributed by atoms with E-state index in [0.717, 1.165) is 15.9 Å². The number of hydrogen-bond donors (Lipinski definition) is 1. The zero-order valence-corrected chi connectivity index (χ0v) is 8.71. The van der Waals surface area contributed by atoms with Gasteiger partial charge in [-0.25, -0.2) is 0 Å². The van der Waals surface area contributed by atoms with E-state index in [4.69, 9.17) is 4.84 Å². The Morgan fingerprint density at radius 1 is 1.38 bits per heavy atom. The first kappa shape index (κ1) is 8.44. The van der Waals surface area contributed by atoms with Gasteiger partial charge in [-0.15, -0.1) is 5.17 Å². The molecule has 1 aromatic rings. The molecule has 1 aromatic carbocycles. The maximum Gasteiger partial charge on any atom is 0.149 e. The quantitative estimate of drug-likeness (QED) is 0.817. The fraction of sp³-hybridized carbons (Fsp3) is 0.111. The SMILES string of the molecule is CC1=CNN(c2ccccc2Br)O1. The van der Waals surface area contributed by atoms with Crippen LogP contribution in [0.1, 0.15) is 6.92 Å². The van der Waals surface area contributed by atoms with Gasteiger partial charge >= 0.3 is 0 Å². The molecular weight excluding hydrogens is 232 g/mol. The fourth-order valence-corrected chi connectivity index (χ4v) is 1.53. The second kappa shape index (κ2) is 3.30. The van der Waals surface area contributed by atoms with Crippen LogP contribution in [-0.4, -0.2) is 0 Å². The van der Waals surface area contributed by atoms with Crippen molar-refractivity contribution in [2.24, 2.45) is 0 Å². The van der Waals surface area contributed by atoms with Gasteiger partial charge in [-0.05, 0) is 35.0 Å². The molecule has 1 aliphatic rings. The Morgan fingerprint density at radius 2 is 2.15 bits per heavy atom. The van der Waals surface area contributed by atoms with E-state index in [2.05, 4.69) is 21.4 Å². The van der Waals surface area contributed by atoms with Gasteiger partial charge in [-0.1, -0.05) is 12.1 Å². The summed E-state index contributed by atoms with van der Waals surface area (Å²) in [7, 11) is 0. The van der Waals surface area contributed by atoms with Crippen molar-refractivity contribution in [3.63, 3.8) is 0 Å². The summed E-state index contributed by atoms with van der Waals surface area (Å²) in [5.41, 5.74) is 3.94. The van der Waals surface area contributed by atoms with E-state index in [1.807, 2.05) is 31.2 Å². The number of hydrogen-bond acceptors (Lipinski definition) is 3. The highest BCUT2D eigenvalue weighted by Gasteiger charge is 2.14. The summed E-state index contributed by atoms with van der Waals surface area (Å²) in [4.78, 5) is 5.38. The summed E-state index contributed by atoms with van der Waals surface area (Å²) in [5.74, 6) is 0.843. The minimum absolute atomic E-state index is 0.843. The maximum absolute atomic E-state index is 5.38. The van der Waals surface area contributed by atoms with Crippen LogP contribution in [0.25, 0.3) is 0 Å². The largest absolute Gasteiger partial charge is 0.362 e. The van der Waals surface area contributed by atoms with Gasteiger partial charge in [0, 0.05) is 4.47 Å². The molecule has 0 unspecified atom stereocenters. The topological polar surface area (TPSA) is 24.5 Å². The molecule has 0 aromatic heterocycles. The molecule has 2 rings (SSSR count). The molecule has 68 valence electrons. The third-order valence-electron chi connectivity index (χ3n) is 1.69. The van der Waals surface area contributed by atoms with Crippen LogP contribution in [0.15, 0.2) is 40.7 Å². The number of halogens is 1. The number of allylic oxidation sites excluding steroid dienone is 1. The van der Waals surface area contributed by atoms with E-state index in [1.54, 1.807) is 11.4 Å². The van der Waals surface area contributed by atoms with Crippen LogP contribution in [0.4, 0.5) is 5.69 Å². The van der Waals surface area contributed by atoms with Gasteiger partial charge in [0.15, 0.2) is 0 Å². The smallest absolute Gasteiger partial charge is 0.149 e. The standard InChI is InChI=1S/C9H9BrN2O/c1-7-6-11-12(13-7)9-5-3-2-4-8(9)10/h2-6,11H,1H3. The van der Waals surface area contributed by atoms with Gasteiger partial charge in [0.2, 0.25) is 0 Å². The van der Waals surface area contributed by atoms with E-state index >= 15 is 0 Å². The predicted molar refractivity (Wildman–Crippen MR) is 54.6 cm³/mol. The van der Waals surface area contributed by atoms with Crippen LogP contribution in [0.2, 0.25) is 0 Å². The Morgan fingerprint density at radius 3 is 2.77 bits per heavy atom. The summed E-state index contributed by atoms with van der Waals surface area (Å²) in [6, 6.07) is 7.85. The maximum atomic E-state index is 5.38.